The van der Waals surface area contributed by atoms with Gasteiger partial charge < -0.3 is 4.90 Å². The molecule has 0 unspecified atom stereocenters. The van der Waals surface area contributed by atoms with Crippen LogP contribution in [0, 0.1) is 5.92 Å². The summed E-state index contributed by atoms with van der Waals surface area (Å²) < 4.78 is 2.33. The molecular weight excluding hydrogens is 464 g/mol. The summed E-state index contributed by atoms with van der Waals surface area (Å²) >= 11 is 2.75. The van der Waals surface area contributed by atoms with Crippen molar-refractivity contribution in [2.24, 2.45) is 5.92 Å². The summed E-state index contributed by atoms with van der Waals surface area (Å²) in [5.74, 6) is 0.924. The first-order valence-electron chi connectivity index (χ1n) is 11.8. The molecule has 1 aliphatic rings. The Morgan fingerprint density at radius 3 is 2.76 bits per heavy atom. The number of thiophene rings is 1. The minimum Gasteiger partial charge on any atom is -0.342 e. The van der Waals surface area contributed by atoms with Crippen LogP contribution in [0.4, 0.5) is 0 Å². The second-order valence-corrected chi connectivity index (χ2v) is 10.9. The highest BCUT2D eigenvalue weighted by Crippen LogP contribution is 2.31. The number of amides is 1. The second-order valence-electron chi connectivity index (χ2n) is 8.97. The number of rotatable bonds is 6. The molecule has 1 saturated heterocycles. The van der Waals surface area contributed by atoms with Gasteiger partial charge in [-0.25, -0.2) is 9.97 Å². The van der Waals surface area contributed by atoms with Gasteiger partial charge in [0.1, 0.15) is 9.53 Å². The number of hydrogen-bond donors (Lipinski definition) is 0. The molecule has 8 heteroatoms. The topological polar surface area (TPSA) is 68.1 Å². The van der Waals surface area contributed by atoms with Crippen LogP contribution >= 0.6 is 23.1 Å². The number of fused-ring (bicyclic) bond motifs is 3. The van der Waals surface area contributed by atoms with E-state index in [1.165, 1.54) is 35.1 Å². The lowest BCUT2D eigenvalue weighted by Crippen LogP contribution is -2.40. The van der Waals surface area contributed by atoms with Crippen molar-refractivity contribution in [2.75, 3.05) is 18.8 Å². The molecule has 0 aliphatic carbocycles. The van der Waals surface area contributed by atoms with Gasteiger partial charge in [-0.1, -0.05) is 49.9 Å². The van der Waals surface area contributed by atoms with E-state index >= 15 is 0 Å². The first-order chi connectivity index (χ1) is 16.5. The predicted octanol–water partition coefficient (Wildman–Crippen LogP) is 4.97. The van der Waals surface area contributed by atoms with Crippen molar-refractivity contribution in [2.45, 2.75) is 44.8 Å². The molecule has 0 N–H and O–H groups in total. The fourth-order valence-electron chi connectivity index (χ4n) is 4.49. The molecule has 5 rings (SSSR count). The van der Waals surface area contributed by atoms with E-state index in [2.05, 4.69) is 43.1 Å². The molecule has 6 nitrogen and oxygen atoms in total. The van der Waals surface area contributed by atoms with Crippen molar-refractivity contribution in [1.29, 1.82) is 0 Å². The minimum absolute atomic E-state index is 0.0749. The summed E-state index contributed by atoms with van der Waals surface area (Å²) in [6.45, 7) is 6.36. The van der Waals surface area contributed by atoms with Gasteiger partial charge in [-0.05, 0) is 48.4 Å². The highest BCUT2D eigenvalue weighted by molar-refractivity contribution is 7.99. The maximum atomic E-state index is 13.6. The molecule has 1 atom stereocenters. The predicted molar refractivity (Wildman–Crippen MR) is 140 cm³/mol. The van der Waals surface area contributed by atoms with Gasteiger partial charge in [-0.3, -0.25) is 14.2 Å². The summed E-state index contributed by atoms with van der Waals surface area (Å²) in [4.78, 5) is 38.7. The number of benzene rings is 1. The smallest absolute Gasteiger partial charge is 0.272 e. The van der Waals surface area contributed by atoms with Crippen LogP contribution in [0.3, 0.4) is 0 Å². The van der Waals surface area contributed by atoms with Crippen LogP contribution < -0.4 is 5.56 Å². The zero-order valence-corrected chi connectivity index (χ0v) is 21.1. The molecule has 1 aliphatic heterocycles. The third-order valence-corrected chi connectivity index (χ3v) is 8.48. The van der Waals surface area contributed by atoms with Gasteiger partial charge in [0.25, 0.3) is 5.56 Å². The standard InChI is InChI=1S/C26H28N4O2S2/c1-3-18-8-10-19(11-9-18)15-30-25(32)23-22(20-7-4-12-27-24(20)34-23)28-26(30)33-16-21(31)29-13-5-6-17(2)14-29/h4,7-12,17H,3,5-6,13-16H2,1-2H3/t17-/m0/s1. The minimum atomic E-state index is -0.0749. The quantitative estimate of drug-likeness (QED) is 0.281. The van der Waals surface area contributed by atoms with Crippen LogP contribution in [0.15, 0.2) is 52.5 Å². The highest BCUT2D eigenvalue weighted by atomic mass is 32.2. The fourth-order valence-corrected chi connectivity index (χ4v) is 6.41. The van der Waals surface area contributed by atoms with Gasteiger partial charge in [-0.15, -0.1) is 11.3 Å². The summed E-state index contributed by atoms with van der Waals surface area (Å²) in [6.07, 6.45) is 4.93. The number of pyridine rings is 1. The van der Waals surface area contributed by atoms with Gasteiger partial charge in [0, 0.05) is 24.7 Å². The molecule has 1 fully saturated rings. The number of carbonyl (C=O) groups excluding carboxylic acids is 1. The van der Waals surface area contributed by atoms with Gasteiger partial charge >= 0.3 is 0 Å². The zero-order valence-electron chi connectivity index (χ0n) is 19.5. The van der Waals surface area contributed by atoms with Gasteiger partial charge in [0.05, 0.1) is 17.8 Å². The molecule has 1 amide bonds. The van der Waals surface area contributed by atoms with Crippen molar-refractivity contribution in [3.05, 3.63) is 64.1 Å². The molecule has 176 valence electrons. The van der Waals surface area contributed by atoms with E-state index < -0.39 is 0 Å². The molecule has 0 spiro atoms. The molecule has 4 aromatic rings. The Morgan fingerprint density at radius 2 is 2.00 bits per heavy atom. The average Bonchev–Trinajstić information content (AvgIpc) is 3.24. The zero-order chi connectivity index (χ0) is 23.7. The molecule has 0 saturated carbocycles. The van der Waals surface area contributed by atoms with Gasteiger partial charge in [0.15, 0.2) is 5.16 Å². The van der Waals surface area contributed by atoms with Crippen molar-refractivity contribution < 1.29 is 4.79 Å². The van der Waals surface area contributed by atoms with Crippen molar-refractivity contribution in [1.82, 2.24) is 19.4 Å². The SMILES string of the molecule is CCc1ccc(Cn2c(SCC(=O)N3CCC[C@H](C)C3)nc3c(sc4ncccc43)c2=O)cc1. The van der Waals surface area contributed by atoms with Crippen LogP contribution in [-0.2, 0) is 17.8 Å². The van der Waals surface area contributed by atoms with Crippen molar-refractivity contribution >= 4 is 49.4 Å². The fraction of sp³-hybridized carbons (Fsp3) is 0.385. The second kappa shape index (κ2) is 9.88. The molecule has 3 aromatic heterocycles. The Morgan fingerprint density at radius 1 is 1.21 bits per heavy atom. The Hall–Kier alpha value is -2.71. The molecule has 34 heavy (non-hydrogen) atoms. The Kier molecular flexibility index (Phi) is 6.70. The molecule has 0 radical (unpaired) electrons. The van der Waals surface area contributed by atoms with Gasteiger partial charge in [-0.2, -0.15) is 0 Å². The maximum absolute atomic E-state index is 13.6. The number of piperidine rings is 1. The monoisotopic (exact) mass is 492 g/mol. The molecule has 0 bridgehead atoms. The number of aryl methyl sites for hydroxylation is 1. The molecule has 1 aromatic carbocycles. The average molecular weight is 493 g/mol. The number of carbonyl (C=O) groups is 1. The lowest BCUT2D eigenvalue weighted by molar-refractivity contribution is -0.130. The van der Waals surface area contributed by atoms with E-state index in [1.54, 1.807) is 10.8 Å². The lowest BCUT2D eigenvalue weighted by Gasteiger charge is -2.30. The summed E-state index contributed by atoms with van der Waals surface area (Å²) in [5.41, 5.74) is 2.90. The van der Waals surface area contributed by atoms with Crippen LogP contribution in [0.25, 0.3) is 20.4 Å². The van der Waals surface area contributed by atoms with Gasteiger partial charge in [0.2, 0.25) is 5.91 Å². The first-order valence-corrected chi connectivity index (χ1v) is 13.6. The van der Waals surface area contributed by atoms with E-state index in [9.17, 15) is 9.59 Å². The lowest BCUT2D eigenvalue weighted by atomic mass is 10.0. The van der Waals surface area contributed by atoms with Crippen molar-refractivity contribution in [3.8, 4) is 0 Å². The largest absolute Gasteiger partial charge is 0.342 e. The summed E-state index contributed by atoms with van der Waals surface area (Å²) in [5, 5.41) is 1.47. The molecular formula is C26H28N4O2S2. The number of likely N-dealkylation sites (tertiary alicyclic amines) is 1. The van der Waals surface area contributed by atoms with E-state index in [1.807, 2.05) is 17.0 Å². The number of nitrogens with zero attached hydrogens (tertiary/aromatic N) is 4. The maximum Gasteiger partial charge on any atom is 0.272 e. The molecule has 4 heterocycles. The summed E-state index contributed by atoms with van der Waals surface area (Å²) in [6, 6.07) is 12.2. The normalized spacial score (nSPS) is 16.4. The Labute approximate surface area is 207 Å². The highest BCUT2D eigenvalue weighted by Gasteiger charge is 2.23. The third-order valence-electron chi connectivity index (χ3n) is 6.42. The van der Waals surface area contributed by atoms with E-state index in [0.29, 0.717) is 27.8 Å². The number of hydrogen-bond acceptors (Lipinski definition) is 6. The number of aromatic nitrogens is 3. The van der Waals surface area contributed by atoms with E-state index in [0.717, 1.165) is 41.7 Å². The van der Waals surface area contributed by atoms with Crippen LogP contribution in [-0.4, -0.2) is 44.2 Å². The Balaban J connectivity index is 1.51. The van der Waals surface area contributed by atoms with E-state index in [4.69, 9.17) is 4.98 Å². The van der Waals surface area contributed by atoms with E-state index in [-0.39, 0.29) is 17.2 Å². The number of thioether (sulfide) groups is 1. The summed E-state index contributed by atoms with van der Waals surface area (Å²) in [7, 11) is 0. The van der Waals surface area contributed by atoms with Crippen molar-refractivity contribution in [3.63, 3.8) is 0 Å². The van der Waals surface area contributed by atoms with Crippen LogP contribution in [0.2, 0.25) is 0 Å². The Bertz CT molecular complexity index is 1390. The van der Waals surface area contributed by atoms with Crippen LogP contribution in [0.1, 0.15) is 37.8 Å². The van der Waals surface area contributed by atoms with Crippen LogP contribution in [0.5, 0.6) is 0 Å². The first kappa shape index (κ1) is 23.1. The third kappa shape index (κ3) is 4.61.